The number of H-pyrrole nitrogens is 1. The molecule has 0 unspecified atom stereocenters. The third-order valence-electron chi connectivity index (χ3n) is 4.13. The molecule has 0 radical (unpaired) electrons. The third-order valence-corrected chi connectivity index (χ3v) is 4.13. The largest absolute Gasteiger partial charge is 0.481 e. The second-order valence-electron chi connectivity index (χ2n) is 5.97. The van der Waals surface area contributed by atoms with Crippen molar-refractivity contribution < 1.29 is 14.7 Å². The summed E-state index contributed by atoms with van der Waals surface area (Å²) in [6.45, 7) is 1.65. The Morgan fingerprint density at radius 2 is 1.96 bits per heavy atom. The first-order valence-corrected chi connectivity index (χ1v) is 8.11. The molecule has 0 saturated carbocycles. The van der Waals surface area contributed by atoms with Gasteiger partial charge < -0.3 is 10.0 Å². The Hall–Kier alpha value is -2.97. The molecule has 1 amide bonds. The predicted octanol–water partition coefficient (Wildman–Crippen LogP) is -0.0414. The number of nitrogens with one attached hydrogen (secondary N) is 1. The molecule has 9 nitrogen and oxygen atoms in total. The van der Waals surface area contributed by atoms with Crippen LogP contribution in [0.3, 0.4) is 0 Å². The van der Waals surface area contributed by atoms with Crippen molar-refractivity contribution >= 4 is 11.9 Å². The van der Waals surface area contributed by atoms with Crippen LogP contribution in [0.25, 0.3) is 0 Å². The van der Waals surface area contributed by atoms with Crippen LogP contribution in [0.15, 0.2) is 23.0 Å². The molecule has 1 aliphatic heterocycles. The summed E-state index contributed by atoms with van der Waals surface area (Å²) < 4.78 is 1.84. The Kier molecular flexibility index (Phi) is 4.92. The molecule has 1 aliphatic rings. The lowest BCUT2D eigenvalue weighted by atomic mass is 10.2. The summed E-state index contributed by atoms with van der Waals surface area (Å²) in [5.41, 5.74) is 2.07. The lowest BCUT2D eigenvalue weighted by Crippen LogP contribution is -2.38. The molecule has 3 rings (SSSR count). The molecule has 3 heterocycles. The van der Waals surface area contributed by atoms with E-state index in [0.717, 1.165) is 11.4 Å². The first-order valence-electron chi connectivity index (χ1n) is 8.11. The number of carboxylic acid groups (broad SMARTS) is 1. The average molecular weight is 345 g/mol. The fourth-order valence-corrected chi connectivity index (χ4v) is 2.80. The van der Waals surface area contributed by atoms with Crippen LogP contribution in [-0.2, 0) is 35.5 Å². The fourth-order valence-electron chi connectivity index (χ4n) is 2.80. The van der Waals surface area contributed by atoms with E-state index in [9.17, 15) is 14.4 Å². The van der Waals surface area contributed by atoms with Crippen molar-refractivity contribution in [3.05, 3.63) is 45.6 Å². The molecular weight excluding hydrogens is 326 g/mol. The Bertz CT molecular complexity index is 821. The number of aliphatic carboxylic acids is 1. The van der Waals surface area contributed by atoms with Gasteiger partial charge in [-0.15, -0.1) is 0 Å². The van der Waals surface area contributed by atoms with Crippen LogP contribution < -0.4 is 5.56 Å². The van der Waals surface area contributed by atoms with Crippen molar-refractivity contribution in [1.82, 2.24) is 24.9 Å². The van der Waals surface area contributed by atoms with Gasteiger partial charge in [0.1, 0.15) is 0 Å². The van der Waals surface area contributed by atoms with E-state index in [0.29, 0.717) is 44.6 Å². The van der Waals surface area contributed by atoms with E-state index in [4.69, 9.17) is 5.11 Å². The Morgan fingerprint density at radius 1 is 1.16 bits per heavy atom. The van der Waals surface area contributed by atoms with E-state index >= 15 is 0 Å². The molecule has 0 bridgehead atoms. The summed E-state index contributed by atoms with van der Waals surface area (Å²) in [4.78, 5) is 35.8. The molecule has 0 fully saturated rings. The van der Waals surface area contributed by atoms with Crippen LogP contribution in [0.4, 0.5) is 0 Å². The lowest BCUT2D eigenvalue weighted by molar-refractivity contribution is -0.137. The van der Waals surface area contributed by atoms with Crippen LogP contribution >= 0.6 is 0 Å². The summed E-state index contributed by atoms with van der Waals surface area (Å²) in [6, 6.07) is 4.88. The quantitative estimate of drug-likeness (QED) is 0.758. The van der Waals surface area contributed by atoms with Gasteiger partial charge in [0.05, 0.1) is 36.6 Å². The molecule has 9 heteroatoms. The highest BCUT2D eigenvalue weighted by Gasteiger charge is 2.22. The number of aryl methyl sites for hydroxylation is 2. The second-order valence-corrected chi connectivity index (χ2v) is 5.97. The SMILES string of the molecule is O=C(O)CCc1cc2n(n1)CCN(C(=O)CCc1ccc(=O)[nH]n1)C2. The topological polar surface area (TPSA) is 121 Å². The van der Waals surface area contributed by atoms with Gasteiger partial charge in [-0.3, -0.25) is 19.1 Å². The predicted molar refractivity (Wildman–Crippen MR) is 86.8 cm³/mol. The van der Waals surface area contributed by atoms with Crippen molar-refractivity contribution in [2.45, 2.75) is 38.8 Å². The van der Waals surface area contributed by atoms with Crippen molar-refractivity contribution in [1.29, 1.82) is 0 Å². The first kappa shape index (κ1) is 16.9. The van der Waals surface area contributed by atoms with Crippen LogP contribution in [0.1, 0.15) is 29.9 Å². The van der Waals surface area contributed by atoms with Gasteiger partial charge in [-0.2, -0.15) is 10.2 Å². The number of fused-ring (bicyclic) bond motifs is 1. The number of carbonyl (C=O) groups is 2. The maximum Gasteiger partial charge on any atom is 0.303 e. The number of carbonyl (C=O) groups excluding carboxylic acids is 1. The highest BCUT2D eigenvalue weighted by molar-refractivity contribution is 5.76. The van der Waals surface area contributed by atoms with E-state index in [1.54, 1.807) is 11.0 Å². The lowest BCUT2D eigenvalue weighted by Gasteiger charge is -2.27. The highest BCUT2D eigenvalue weighted by atomic mass is 16.4. The Balaban J connectivity index is 1.56. The number of aromatic amines is 1. The summed E-state index contributed by atoms with van der Waals surface area (Å²) >= 11 is 0. The molecule has 0 aromatic carbocycles. The maximum atomic E-state index is 12.4. The van der Waals surface area contributed by atoms with E-state index in [1.807, 2.05) is 10.7 Å². The molecule has 0 saturated heterocycles. The van der Waals surface area contributed by atoms with E-state index in [1.165, 1.54) is 6.07 Å². The zero-order chi connectivity index (χ0) is 17.8. The van der Waals surface area contributed by atoms with Gasteiger partial charge in [-0.05, 0) is 12.1 Å². The van der Waals surface area contributed by atoms with Crippen LogP contribution in [0.2, 0.25) is 0 Å². The van der Waals surface area contributed by atoms with Crippen molar-refractivity contribution in [3.8, 4) is 0 Å². The zero-order valence-electron chi connectivity index (χ0n) is 13.6. The molecular formula is C16H19N5O4. The monoisotopic (exact) mass is 345 g/mol. The Morgan fingerprint density at radius 3 is 2.68 bits per heavy atom. The minimum Gasteiger partial charge on any atom is -0.481 e. The molecule has 2 aromatic rings. The normalized spacial score (nSPS) is 13.5. The van der Waals surface area contributed by atoms with Crippen LogP contribution in [0, 0.1) is 0 Å². The van der Waals surface area contributed by atoms with Gasteiger partial charge in [0.15, 0.2) is 0 Å². The van der Waals surface area contributed by atoms with Gasteiger partial charge in [0.2, 0.25) is 5.91 Å². The molecule has 2 aromatic heterocycles. The molecule has 132 valence electrons. The van der Waals surface area contributed by atoms with Crippen molar-refractivity contribution in [2.24, 2.45) is 0 Å². The van der Waals surface area contributed by atoms with Gasteiger partial charge in [-0.25, -0.2) is 5.10 Å². The van der Waals surface area contributed by atoms with Crippen LogP contribution in [0.5, 0.6) is 0 Å². The van der Waals surface area contributed by atoms with Crippen LogP contribution in [-0.4, -0.2) is 48.4 Å². The summed E-state index contributed by atoms with van der Waals surface area (Å²) in [5.74, 6) is -0.828. The number of carboxylic acids is 1. The third kappa shape index (κ3) is 4.31. The summed E-state index contributed by atoms with van der Waals surface area (Å²) in [5, 5.41) is 19.4. The van der Waals surface area contributed by atoms with E-state index in [2.05, 4.69) is 15.3 Å². The zero-order valence-corrected chi connectivity index (χ0v) is 13.6. The number of amides is 1. The number of hydrogen-bond acceptors (Lipinski definition) is 5. The number of rotatable bonds is 6. The summed E-state index contributed by atoms with van der Waals surface area (Å²) in [6.07, 6.45) is 1.22. The van der Waals surface area contributed by atoms with Crippen molar-refractivity contribution in [2.75, 3.05) is 6.54 Å². The van der Waals surface area contributed by atoms with E-state index < -0.39 is 5.97 Å². The number of nitrogens with zero attached hydrogens (tertiary/aromatic N) is 4. The molecule has 0 spiro atoms. The maximum absolute atomic E-state index is 12.4. The minimum absolute atomic E-state index is 0.0209. The molecule has 0 atom stereocenters. The second kappa shape index (κ2) is 7.29. The summed E-state index contributed by atoms with van der Waals surface area (Å²) in [7, 11) is 0. The Labute approximate surface area is 143 Å². The molecule has 0 aliphatic carbocycles. The number of aromatic nitrogens is 4. The average Bonchev–Trinajstić information content (AvgIpc) is 3.01. The van der Waals surface area contributed by atoms with Gasteiger partial charge in [0, 0.05) is 31.9 Å². The van der Waals surface area contributed by atoms with E-state index in [-0.39, 0.29) is 17.9 Å². The first-order chi connectivity index (χ1) is 12.0. The molecule has 25 heavy (non-hydrogen) atoms. The van der Waals surface area contributed by atoms with Gasteiger partial charge in [0.25, 0.3) is 5.56 Å². The minimum atomic E-state index is -0.848. The van der Waals surface area contributed by atoms with Crippen molar-refractivity contribution in [3.63, 3.8) is 0 Å². The van der Waals surface area contributed by atoms with Gasteiger partial charge in [-0.1, -0.05) is 0 Å². The fraction of sp³-hybridized carbons (Fsp3) is 0.438. The number of hydrogen-bond donors (Lipinski definition) is 2. The smallest absolute Gasteiger partial charge is 0.303 e. The highest BCUT2D eigenvalue weighted by Crippen LogP contribution is 2.16. The van der Waals surface area contributed by atoms with Gasteiger partial charge >= 0.3 is 5.97 Å². The molecule has 2 N–H and O–H groups in total. The standard InChI is InChI=1S/C16H19N5O4/c22-14-4-1-11(17-18-14)2-5-15(23)20-7-8-21-13(10-20)9-12(19-21)3-6-16(24)25/h1,4,9H,2-3,5-8,10H2,(H,18,22)(H,24,25).